The highest BCUT2D eigenvalue weighted by Gasteiger charge is 2.17. The Labute approximate surface area is 123 Å². The van der Waals surface area contributed by atoms with E-state index in [1.165, 1.54) is 4.88 Å². The van der Waals surface area contributed by atoms with E-state index in [2.05, 4.69) is 48.8 Å². The number of thiophene rings is 1. The predicted octanol–water partition coefficient (Wildman–Crippen LogP) is 4.53. The summed E-state index contributed by atoms with van der Waals surface area (Å²) in [6, 6.07) is 2.64. The van der Waals surface area contributed by atoms with Crippen LogP contribution in [0.15, 0.2) is 6.07 Å². The molecule has 5 heteroatoms. The van der Waals surface area contributed by atoms with Gasteiger partial charge in [-0.3, -0.25) is 0 Å². The fraction of sp³-hybridized carbons (Fsp3) is 0.571. The van der Waals surface area contributed by atoms with Crippen molar-refractivity contribution in [1.82, 2.24) is 9.97 Å². The summed E-state index contributed by atoms with van der Waals surface area (Å²) in [6.45, 7) is 6.58. The maximum Gasteiger partial charge on any atom is 0.225 e. The lowest BCUT2D eigenvalue weighted by molar-refractivity contribution is 0.612. The van der Waals surface area contributed by atoms with Crippen molar-refractivity contribution in [1.29, 1.82) is 0 Å². The molecule has 2 aromatic heterocycles. The van der Waals surface area contributed by atoms with E-state index < -0.39 is 0 Å². The van der Waals surface area contributed by atoms with Crippen molar-refractivity contribution in [2.75, 3.05) is 11.9 Å². The fourth-order valence-electron chi connectivity index (χ4n) is 2.19. The quantitative estimate of drug-likeness (QED) is 0.759. The second kappa shape index (κ2) is 6.06. The number of hydrogen-bond acceptors (Lipinski definition) is 4. The highest BCUT2D eigenvalue weighted by atomic mass is 35.5. The van der Waals surface area contributed by atoms with Crippen molar-refractivity contribution >= 4 is 39.0 Å². The molecule has 0 saturated carbocycles. The van der Waals surface area contributed by atoms with Crippen LogP contribution in [0.1, 0.15) is 38.5 Å². The number of aryl methyl sites for hydroxylation is 1. The molecule has 1 atom stereocenters. The molecule has 2 rings (SSSR count). The normalized spacial score (nSPS) is 12.9. The molecule has 0 fully saturated rings. The van der Waals surface area contributed by atoms with Crippen molar-refractivity contribution in [2.45, 2.75) is 46.1 Å². The SMILES string of the molecule is CCCC(C)N(C)c1nc(Cl)nc2sc(CC)cc12. The summed E-state index contributed by atoms with van der Waals surface area (Å²) in [7, 11) is 2.09. The van der Waals surface area contributed by atoms with Crippen molar-refractivity contribution in [3.05, 3.63) is 16.2 Å². The summed E-state index contributed by atoms with van der Waals surface area (Å²) in [5.74, 6) is 0.951. The Kier molecular flexibility index (Phi) is 4.63. The molecule has 0 aliphatic rings. The topological polar surface area (TPSA) is 29.0 Å². The van der Waals surface area contributed by atoms with E-state index in [1.807, 2.05) is 0 Å². The van der Waals surface area contributed by atoms with Gasteiger partial charge in [0.05, 0.1) is 5.39 Å². The molecule has 0 amide bonds. The standard InChI is InChI=1S/C14H20ClN3S/c1-5-7-9(3)18(4)12-11-8-10(6-2)19-13(11)17-14(15)16-12/h8-9H,5-7H2,1-4H3. The molecule has 0 saturated heterocycles. The van der Waals surface area contributed by atoms with Gasteiger partial charge in [0.15, 0.2) is 0 Å². The largest absolute Gasteiger partial charge is 0.356 e. The lowest BCUT2D eigenvalue weighted by atomic mass is 10.1. The predicted molar refractivity (Wildman–Crippen MR) is 84.6 cm³/mol. The molecule has 0 aromatic carbocycles. The summed E-state index contributed by atoms with van der Waals surface area (Å²) in [6.07, 6.45) is 3.33. The monoisotopic (exact) mass is 297 g/mol. The molecular weight excluding hydrogens is 278 g/mol. The van der Waals surface area contributed by atoms with Gasteiger partial charge in [-0.2, -0.15) is 4.98 Å². The zero-order valence-corrected chi connectivity index (χ0v) is 13.5. The van der Waals surface area contributed by atoms with E-state index in [9.17, 15) is 0 Å². The lowest BCUT2D eigenvalue weighted by Crippen LogP contribution is -2.29. The number of aromatic nitrogens is 2. The van der Waals surface area contributed by atoms with Crippen molar-refractivity contribution in [3.63, 3.8) is 0 Å². The van der Waals surface area contributed by atoms with Crippen LogP contribution in [-0.2, 0) is 6.42 Å². The van der Waals surface area contributed by atoms with Gasteiger partial charge < -0.3 is 4.90 Å². The van der Waals surface area contributed by atoms with Gasteiger partial charge in [-0.05, 0) is 37.4 Å². The Morgan fingerprint density at radius 2 is 2.11 bits per heavy atom. The first kappa shape index (κ1) is 14.5. The zero-order chi connectivity index (χ0) is 14.0. The molecule has 2 heterocycles. The Bertz CT molecular complexity index is 567. The summed E-state index contributed by atoms with van der Waals surface area (Å²) in [5.41, 5.74) is 0. The molecule has 0 N–H and O–H groups in total. The number of fused-ring (bicyclic) bond motifs is 1. The van der Waals surface area contributed by atoms with E-state index in [1.54, 1.807) is 11.3 Å². The van der Waals surface area contributed by atoms with Crippen molar-refractivity contribution < 1.29 is 0 Å². The van der Waals surface area contributed by atoms with Gasteiger partial charge >= 0.3 is 0 Å². The van der Waals surface area contributed by atoms with Gasteiger partial charge in [0.2, 0.25) is 5.28 Å². The zero-order valence-electron chi connectivity index (χ0n) is 11.9. The summed E-state index contributed by atoms with van der Waals surface area (Å²) < 4.78 is 0. The Balaban J connectivity index is 2.48. The van der Waals surface area contributed by atoms with Crippen LogP contribution in [0.4, 0.5) is 5.82 Å². The number of rotatable bonds is 5. The van der Waals surface area contributed by atoms with Gasteiger partial charge in [0, 0.05) is 18.0 Å². The summed E-state index contributed by atoms with van der Waals surface area (Å²) >= 11 is 7.77. The minimum absolute atomic E-state index is 0.336. The molecule has 2 aromatic rings. The number of anilines is 1. The molecule has 0 aliphatic heterocycles. The summed E-state index contributed by atoms with van der Waals surface area (Å²) in [4.78, 5) is 13.3. The third-order valence-corrected chi connectivity index (χ3v) is 4.79. The first-order chi connectivity index (χ1) is 9.06. The Morgan fingerprint density at radius 1 is 1.37 bits per heavy atom. The van der Waals surface area contributed by atoms with Crippen LogP contribution in [-0.4, -0.2) is 23.1 Å². The maximum absolute atomic E-state index is 6.06. The third-order valence-electron chi connectivity index (χ3n) is 3.45. The van der Waals surface area contributed by atoms with E-state index in [4.69, 9.17) is 11.6 Å². The van der Waals surface area contributed by atoms with Gasteiger partial charge in [-0.1, -0.05) is 20.3 Å². The second-order valence-corrected chi connectivity index (χ2v) is 6.30. The van der Waals surface area contributed by atoms with E-state index in [0.717, 1.165) is 35.3 Å². The summed E-state index contributed by atoms with van der Waals surface area (Å²) in [5, 5.41) is 1.46. The third kappa shape index (κ3) is 3.00. The molecule has 0 bridgehead atoms. The molecule has 3 nitrogen and oxygen atoms in total. The average molecular weight is 298 g/mol. The lowest BCUT2D eigenvalue weighted by Gasteiger charge is -2.26. The first-order valence-electron chi connectivity index (χ1n) is 6.75. The first-order valence-corrected chi connectivity index (χ1v) is 7.95. The molecule has 19 heavy (non-hydrogen) atoms. The fourth-order valence-corrected chi connectivity index (χ4v) is 3.37. The molecule has 0 spiro atoms. The molecule has 0 aliphatic carbocycles. The Morgan fingerprint density at radius 3 is 2.74 bits per heavy atom. The van der Waals surface area contributed by atoms with Crippen LogP contribution in [0, 0.1) is 0 Å². The average Bonchev–Trinajstić information content (AvgIpc) is 2.79. The van der Waals surface area contributed by atoms with Crippen LogP contribution >= 0.6 is 22.9 Å². The van der Waals surface area contributed by atoms with Gasteiger partial charge in [0.25, 0.3) is 0 Å². The van der Waals surface area contributed by atoms with Crippen LogP contribution in [0.5, 0.6) is 0 Å². The molecule has 0 radical (unpaired) electrons. The maximum atomic E-state index is 6.06. The van der Waals surface area contributed by atoms with E-state index >= 15 is 0 Å². The highest BCUT2D eigenvalue weighted by Crippen LogP contribution is 2.32. The Hall–Kier alpha value is -0.870. The van der Waals surface area contributed by atoms with Crippen LogP contribution in [0.25, 0.3) is 10.2 Å². The number of nitrogens with zero attached hydrogens (tertiary/aromatic N) is 3. The molecule has 104 valence electrons. The van der Waals surface area contributed by atoms with Crippen LogP contribution in [0.3, 0.4) is 0 Å². The smallest absolute Gasteiger partial charge is 0.225 e. The van der Waals surface area contributed by atoms with Gasteiger partial charge in [-0.15, -0.1) is 11.3 Å². The number of halogens is 1. The second-order valence-electron chi connectivity index (χ2n) is 4.85. The van der Waals surface area contributed by atoms with Crippen LogP contribution in [0.2, 0.25) is 5.28 Å². The van der Waals surface area contributed by atoms with Gasteiger partial charge in [0.1, 0.15) is 10.6 Å². The van der Waals surface area contributed by atoms with Crippen molar-refractivity contribution in [2.24, 2.45) is 0 Å². The van der Waals surface area contributed by atoms with Gasteiger partial charge in [-0.25, -0.2) is 4.98 Å². The highest BCUT2D eigenvalue weighted by molar-refractivity contribution is 7.18. The minimum Gasteiger partial charge on any atom is -0.356 e. The van der Waals surface area contributed by atoms with E-state index in [-0.39, 0.29) is 0 Å². The molecular formula is C14H20ClN3S. The molecule has 1 unspecified atom stereocenters. The van der Waals surface area contributed by atoms with E-state index in [0.29, 0.717) is 11.3 Å². The number of hydrogen-bond donors (Lipinski definition) is 0. The minimum atomic E-state index is 0.336. The van der Waals surface area contributed by atoms with Crippen molar-refractivity contribution in [3.8, 4) is 0 Å². The van der Waals surface area contributed by atoms with Crippen LogP contribution < -0.4 is 4.90 Å².